The molecule has 9 heteroatoms. The van der Waals surface area contributed by atoms with Crippen molar-refractivity contribution >= 4 is 38.8 Å². The third kappa shape index (κ3) is 6.39. The minimum atomic E-state index is -1.02. The molecule has 3 atom stereocenters. The topological polar surface area (TPSA) is 91.7 Å². The quantitative estimate of drug-likeness (QED) is 0.462. The first-order chi connectivity index (χ1) is 11.9. The smallest absolute Gasteiger partial charge is 0.408 e. The summed E-state index contributed by atoms with van der Waals surface area (Å²) >= 11 is 12.1. The molecule has 0 aliphatic heterocycles. The maximum Gasteiger partial charge on any atom is 0.408 e. The van der Waals surface area contributed by atoms with Crippen molar-refractivity contribution in [3.05, 3.63) is 28.0 Å². The number of carbonyl (C=O) groups excluding carboxylic acids is 1. The van der Waals surface area contributed by atoms with E-state index in [1.165, 1.54) is 6.07 Å². The zero-order valence-corrected chi connectivity index (χ0v) is 18.1. The van der Waals surface area contributed by atoms with E-state index in [4.69, 9.17) is 27.9 Å². The van der Waals surface area contributed by atoms with Crippen LogP contribution in [0, 0.1) is 0 Å². The largest absolute Gasteiger partial charge is 0.444 e. The van der Waals surface area contributed by atoms with E-state index in [-0.39, 0.29) is 16.9 Å². The van der Waals surface area contributed by atoms with Gasteiger partial charge in [0.05, 0.1) is 12.1 Å². The van der Waals surface area contributed by atoms with Crippen molar-refractivity contribution in [3.8, 4) is 0 Å². The van der Waals surface area contributed by atoms with Gasteiger partial charge in [-0.1, -0.05) is 42.7 Å². The number of carbonyl (C=O) groups is 1. The highest BCUT2D eigenvalue weighted by atomic mass is 35.5. The van der Waals surface area contributed by atoms with Gasteiger partial charge in [0.1, 0.15) is 15.9 Å². The molecule has 1 aromatic heterocycles. The summed E-state index contributed by atoms with van der Waals surface area (Å²) < 4.78 is 5.31. The average Bonchev–Trinajstić information content (AvgIpc) is 2.51. The molecule has 0 bridgehead atoms. The molecule has 0 fully saturated rings. The fourth-order valence-corrected chi connectivity index (χ4v) is 3.72. The summed E-state index contributed by atoms with van der Waals surface area (Å²) in [5, 5.41) is 22.8. The zero-order valence-electron chi connectivity index (χ0n) is 15.6. The van der Waals surface area contributed by atoms with Crippen molar-refractivity contribution in [2.24, 2.45) is 0 Å². The number of rotatable bonds is 7. The molecule has 0 saturated carbocycles. The summed E-state index contributed by atoms with van der Waals surface area (Å²) in [6, 6.07) is 2.28. The van der Waals surface area contributed by atoms with Crippen LogP contribution in [0.15, 0.2) is 12.1 Å². The van der Waals surface area contributed by atoms with Crippen molar-refractivity contribution in [1.82, 2.24) is 10.3 Å². The van der Waals surface area contributed by atoms with Gasteiger partial charge in [-0.15, -0.1) is 0 Å². The summed E-state index contributed by atoms with van der Waals surface area (Å²) in [5.74, 6) is 0. The van der Waals surface area contributed by atoms with Gasteiger partial charge >= 0.3 is 6.09 Å². The van der Waals surface area contributed by atoms with Crippen LogP contribution in [-0.4, -0.2) is 49.1 Å². The molecule has 6 nitrogen and oxygen atoms in total. The SMILES string of the molecule is C[Si][C@@](C)(CCO)[C@H](O)[C@@H](NC(=O)OC(C)(C)C)c1ccc(Cl)nc1Cl. The van der Waals surface area contributed by atoms with Crippen LogP contribution in [0.4, 0.5) is 4.79 Å². The van der Waals surface area contributed by atoms with Crippen molar-refractivity contribution in [2.75, 3.05) is 6.61 Å². The Morgan fingerprint density at radius 2 is 1.96 bits per heavy atom. The Morgan fingerprint density at radius 3 is 2.42 bits per heavy atom. The fraction of sp³-hybridized carbons (Fsp3) is 0.647. The number of aromatic nitrogens is 1. The second-order valence-corrected chi connectivity index (χ2v) is 9.61. The van der Waals surface area contributed by atoms with E-state index in [1.807, 2.05) is 13.5 Å². The summed E-state index contributed by atoms with van der Waals surface area (Å²) in [5.41, 5.74) is -0.264. The number of ether oxygens (including phenoxy) is 1. The highest BCUT2D eigenvalue weighted by molar-refractivity contribution is 6.38. The van der Waals surface area contributed by atoms with Gasteiger partial charge in [-0.05, 0) is 38.3 Å². The minimum Gasteiger partial charge on any atom is -0.444 e. The van der Waals surface area contributed by atoms with E-state index in [0.29, 0.717) is 21.5 Å². The molecule has 146 valence electrons. The number of nitrogens with zero attached hydrogens (tertiary/aromatic N) is 1. The monoisotopic (exact) mass is 420 g/mol. The van der Waals surface area contributed by atoms with Gasteiger partial charge < -0.3 is 20.3 Å². The van der Waals surface area contributed by atoms with E-state index < -0.39 is 28.9 Å². The Kier molecular flexibility index (Phi) is 8.35. The number of halogens is 2. The molecule has 0 saturated heterocycles. The Balaban J connectivity index is 3.26. The number of amides is 1. The second kappa shape index (κ2) is 9.37. The number of nitrogens with one attached hydrogen (secondary N) is 1. The number of hydrogen-bond acceptors (Lipinski definition) is 5. The number of hydrogen-bond donors (Lipinski definition) is 3. The molecule has 3 N–H and O–H groups in total. The van der Waals surface area contributed by atoms with Crippen LogP contribution in [0.25, 0.3) is 0 Å². The van der Waals surface area contributed by atoms with Gasteiger partial charge in [-0.2, -0.15) is 0 Å². The molecule has 1 rings (SSSR count). The van der Waals surface area contributed by atoms with Gasteiger partial charge in [0, 0.05) is 21.7 Å². The Bertz CT molecular complexity index is 627. The highest BCUT2D eigenvalue weighted by Crippen LogP contribution is 2.41. The summed E-state index contributed by atoms with van der Waals surface area (Å²) in [6.45, 7) is 8.95. The number of pyridine rings is 1. The van der Waals surface area contributed by atoms with Crippen LogP contribution >= 0.6 is 23.2 Å². The molecule has 1 heterocycles. The van der Waals surface area contributed by atoms with E-state index in [1.54, 1.807) is 26.8 Å². The Labute approximate surface area is 167 Å². The van der Waals surface area contributed by atoms with Crippen molar-refractivity contribution in [2.45, 2.75) is 63.4 Å². The molecule has 1 aromatic rings. The molecular weight excluding hydrogens is 395 g/mol. The van der Waals surface area contributed by atoms with Crippen molar-refractivity contribution in [1.29, 1.82) is 0 Å². The normalized spacial score (nSPS) is 16.5. The third-order valence-electron chi connectivity index (χ3n) is 4.02. The third-order valence-corrected chi connectivity index (χ3v) is 6.22. The molecule has 0 aliphatic carbocycles. The number of aliphatic hydroxyl groups excluding tert-OH is 2. The van der Waals surface area contributed by atoms with Crippen molar-refractivity contribution < 1.29 is 19.7 Å². The molecular formula is C17H26Cl2N2O4Si. The number of aliphatic hydroxyl groups is 2. The van der Waals surface area contributed by atoms with Crippen molar-refractivity contribution in [3.63, 3.8) is 0 Å². The summed E-state index contributed by atoms with van der Waals surface area (Å²) in [4.78, 5) is 16.3. The van der Waals surface area contributed by atoms with Crippen LogP contribution < -0.4 is 5.32 Å². The van der Waals surface area contributed by atoms with E-state index in [2.05, 4.69) is 10.3 Å². The lowest BCUT2D eigenvalue weighted by atomic mass is 9.90. The molecule has 26 heavy (non-hydrogen) atoms. The van der Waals surface area contributed by atoms with Gasteiger partial charge in [-0.3, -0.25) is 0 Å². The highest BCUT2D eigenvalue weighted by Gasteiger charge is 2.39. The van der Waals surface area contributed by atoms with Crippen LogP contribution in [0.5, 0.6) is 0 Å². The maximum atomic E-state index is 12.3. The van der Waals surface area contributed by atoms with E-state index in [0.717, 1.165) is 0 Å². The Hall–Kier alpha value is -0.863. The minimum absolute atomic E-state index is 0.0832. The molecule has 2 radical (unpaired) electrons. The maximum absolute atomic E-state index is 12.3. The standard InChI is InChI=1S/C17H26Cl2N2O4Si/c1-16(2,3)25-15(24)21-12(10-6-7-11(18)20-14(10)19)13(23)17(4,26-5)8-9-22/h6-7,12-13,22-23H,8-9H2,1-5H3,(H,21,24)/t12-,13+,17-/m0/s1. The van der Waals surface area contributed by atoms with Crippen LogP contribution in [0.3, 0.4) is 0 Å². The predicted octanol–water partition coefficient (Wildman–Crippen LogP) is 3.63. The second-order valence-electron chi connectivity index (χ2n) is 7.22. The molecule has 1 amide bonds. The van der Waals surface area contributed by atoms with Gasteiger partial charge in [-0.25, -0.2) is 9.78 Å². The van der Waals surface area contributed by atoms with Gasteiger partial charge in [0.2, 0.25) is 0 Å². The Morgan fingerprint density at radius 1 is 1.35 bits per heavy atom. The fourth-order valence-electron chi connectivity index (χ4n) is 2.44. The van der Waals surface area contributed by atoms with Crippen LogP contribution in [-0.2, 0) is 4.74 Å². The van der Waals surface area contributed by atoms with Gasteiger partial charge in [0.15, 0.2) is 0 Å². The van der Waals surface area contributed by atoms with Crippen LogP contribution in [0.2, 0.25) is 21.9 Å². The van der Waals surface area contributed by atoms with E-state index >= 15 is 0 Å². The van der Waals surface area contributed by atoms with E-state index in [9.17, 15) is 15.0 Å². The first-order valence-electron chi connectivity index (χ1n) is 8.23. The van der Waals surface area contributed by atoms with Gasteiger partial charge in [0.25, 0.3) is 0 Å². The van der Waals surface area contributed by atoms with Crippen LogP contribution in [0.1, 0.15) is 45.7 Å². The molecule has 0 spiro atoms. The zero-order chi connectivity index (χ0) is 20.1. The first kappa shape index (κ1) is 23.2. The summed E-state index contributed by atoms with van der Waals surface area (Å²) in [6.07, 6.45) is -1.34. The lowest BCUT2D eigenvalue weighted by Gasteiger charge is -2.38. The molecule has 0 unspecified atom stereocenters. The molecule has 0 aromatic carbocycles. The lowest BCUT2D eigenvalue weighted by molar-refractivity contribution is 0.0333. The lowest BCUT2D eigenvalue weighted by Crippen LogP contribution is -2.45. The number of alkyl carbamates (subject to hydrolysis) is 1. The first-order valence-corrected chi connectivity index (χ1v) is 10.5. The summed E-state index contributed by atoms with van der Waals surface area (Å²) in [7, 11) is 0.316. The molecule has 0 aliphatic rings. The predicted molar refractivity (Wildman–Crippen MR) is 104 cm³/mol. The average molecular weight is 421 g/mol.